The highest BCUT2D eigenvalue weighted by atomic mass is 32.2. The number of benzene rings is 1. The molecule has 0 bridgehead atoms. The zero-order chi connectivity index (χ0) is 15.1. The SMILES string of the molecule is CS(=O)(=O)OCC1CN(S(C)(=O)=O)c2cc(N)ccc21. The van der Waals surface area contributed by atoms with Gasteiger partial charge in [0, 0.05) is 18.2 Å². The molecule has 112 valence electrons. The van der Waals surface area contributed by atoms with Gasteiger partial charge in [0.2, 0.25) is 10.0 Å². The first-order valence-corrected chi connectivity index (χ1v) is 9.46. The van der Waals surface area contributed by atoms with E-state index in [4.69, 9.17) is 9.92 Å². The molecule has 2 N–H and O–H groups in total. The van der Waals surface area contributed by atoms with E-state index in [9.17, 15) is 16.8 Å². The Labute approximate surface area is 118 Å². The van der Waals surface area contributed by atoms with Crippen LogP contribution in [0.5, 0.6) is 0 Å². The van der Waals surface area contributed by atoms with E-state index < -0.39 is 20.1 Å². The molecule has 0 amide bonds. The summed E-state index contributed by atoms with van der Waals surface area (Å²) < 4.78 is 51.7. The highest BCUT2D eigenvalue weighted by Crippen LogP contribution is 2.39. The quantitative estimate of drug-likeness (QED) is 0.623. The van der Waals surface area contributed by atoms with Crippen molar-refractivity contribution in [1.29, 1.82) is 0 Å². The van der Waals surface area contributed by atoms with E-state index in [-0.39, 0.29) is 19.1 Å². The Morgan fingerprint density at radius 1 is 1.30 bits per heavy atom. The lowest BCUT2D eigenvalue weighted by Gasteiger charge is -2.17. The lowest BCUT2D eigenvalue weighted by Crippen LogP contribution is -2.29. The highest BCUT2D eigenvalue weighted by Gasteiger charge is 2.34. The van der Waals surface area contributed by atoms with Crippen molar-refractivity contribution in [2.45, 2.75) is 5.92 Å². The van der Waals surface area contributed by atoms with E-state index in [1.165, 1.54) is 4.31 Å². The maximum absolute atomic E-state index is 11.8. The predicted molar refractivity (Wildman–Crippen MR) is 76.6 cm³/mol. The van der Waals surface area contributed by atoms with Crippen molar-refractivity contribution in [3.63, 3.8) is 0 Å². The summed E-state index contributed by atoms with van der Waals surface area (Å²) >= 11 is 0. The van der Waals surface area contributed by atoms with Crippen LogP contribution >= 0.6 is 0 Å². The molecule has 1 unspecified atom stereocenters. The van der Waals surface area contributed by atoms with Gasteiger partial charge in [-0.25, -0.2) is 8.42 Å². The number of anilines is 2. The molecule has 1 atom stereocenters. The molecule has 0 aromatic heterocycles. The number of nitrogen functional groups attached to an aromatic ring is 1. The van der Waals surface area contributed by atoms with E-state index in [1.54, 1.807) is 18.2 Å². The molecule has 0 saturated carbocycles. The molecule has 0 fully saturated rings. The summed E-state index contributed by atoms with van der Waals surface area (Å²) in [6.07, 6.45) is 2.06. The van der Waals surface area contributed by atoms with E-state index in [0.717, 1.165) is 12.5 Å². The van der Waals surface area contributed by atoms with Crippen LogP contribution in [0.15, 0.2) is 18.2 Å². The van der Waals surface area contributed by atoms with Gasteiger partial charge >= 0.3 is 0 Å². The average Bonchev–Trinajstić information content (AvgIpc) is 2.63. The summed E-state index contributed by atoms with van der Waals surface area (Å²) in [7, 11) is -7.01. The van der Waals surface area contributed by atoms with E-state index in [2.05, 4.69) is 0 Å². The predicted octanol–water partition coefficient (Wildman–Crippen LogP) is 0.108. The monoisotopic (exact) mass is 320 g/mol. The van der Waals surface area contributed by atoms with Crippen LogP contribution in [0.25, 0.3) is 0 Å². The van der Waals surface area contributed by atoms with Gasteiger partial charge in [-0.2, -0.15) is 8.42 Å². The van der Waals surface area contributed by atoms with Crippen molar-refractivity contribution < 1.29 is 21.0 Å². The third-order valence-corrected chi connectivity index (χ3v) is 4.74. The Morgan fingerprint density at radius 2 is 1.95 bits per heavy atom. The molecule has 1 aromatic rings. The number of hydrogen-bond acceptors (Lipinski definition) is 6. The molecule has 2 rings (SSSR count). The molecule has 0 radical (unpaired) electrons. The van der Waals surface area contributed by atoms with Gasteiger partial charge in [0.05, 0.1) is 24.8 Å². The van der Waals surface area contributed by atoms with Crippen molar-refractivity contribution in [2.24, 2.45) is 0 Å². The smallest absolute Gasteiger partial charge is 0.264 e. The lowest BCUT2D eigenvalue weighted by atomic mass is 10.0. The second-order valence-electron chi connectivity index (χ2n) is 4.80. The fourth-order valence-corrected chi connectivity index (χ4v) is 3.56. The summed E-state index contributed by atoms with van der Waals surface area (Å²) in [4.78, 5) is 0. The minimum absolute atomic E-state index is 0.0955. The summed E-state index contributed by atoms with van der Waals surface area (Å²) in [6.45, 7) is 0.0505. The molecule has 0 saturated heterocycles. The lowest BCUT2D eigenvalue weighted by molar-refractivity contribution is 0.300. The number of fused-ring (bicyclic) bond motifs is 1. The standard InChI is InChI=1S/C11H16N2O5S2/c1-19(14,15)13-6-8(7-18-20(2,16)17)10-4-3-9(12)5-11(10)13/h3-5,8H,6-7,12H2,1-2H3. The Balaban J connectivity index is 2.36. The normalized spacial score (nSPS) is 19.1. The van der Waals surface area contributed by atoms with Crippen molar-refractivity contribution in [2.75, 3.05) is 35.7 Å². The molecule has 1 aliphatic heterocycles. The first-order chi connectivity index (χ1) is 9.08. The van der Waals surface area contributed by atoms with E-state index in [1.807, 2.05) is 0 Å². The van der Waals surface area contributed by atoms with Crippen molar-refractivity contribution in [3.8, 4) is 0 Å². The number of nitrogens with two attached hydrogens (primary N) is 1. The molecule has 0 spiro atoms. The van der Waals surface area contributed by atoms with Crippen LogP contribution in [0.4, 0.5) is 11.4 Å². The Kier molecular flexibility index (Phi) is 3.69. The first-order valence-electron chi connectivity index (χ1n) is 5.79. The van der Waals surface area contributed by atoms with Gasteiger partial charge in [-0.1, -0.05) is 6.07 Å². The molecule has 1 aliphatic rings. The minimum atomic E-state index is -3.57. The van der Waals surface area contributed by atoms with Gasteiger partial charge in [0.25, 0.3) is 10.1 Å². The second-order valence-corrected chi connectivity index (χ2v) is 8.35. The summed E-state index contributed by atoms with van der Waals surface area (Å²) in [5, 5.41) is 0. The topological polar surface area (TPSA) is 107 Å². The molecule has 0 aliphatic carbocycles. The minimum Gasteiger partial charge on any atom is -0.399 e. The van der Waals surface area contributed by atoms with Gasteiger partial charge in [-0.3, -0.25) is 8.49 Å². The number of hydrogen-bond donors (Lipinski definition) is 1. The van der Waals surface area contributed by atoms with Gasteiger partial charge in [-0.05, 0) is 17.7 Å². The fourth-order valence-electron chi connectivity index (χ4n) is 2.18. The van der Waals surface area contributed by atoms with Crippen LogP contribution in [0.3, 0.4) is 0 Å². The summed E-state index contributed by atoms with van der Waals surface area (Å²) in [6, 6.07) is 4.92. The number of rotatable bonds is 4. The largest absolute Gasteiger partial charge is 0.399 e. The Morgan fingerprint density at radius 3 is 2.50 bits per heavy atom. The number of sulfonamides is 1. The molecular weight excluding hydrogens is 304 g/mol. The van der Waals surface area contributed by atoms with Gasteiger partial charge in [-0.15, -0.1) is 0 Å². The first kappa shape index (κ1) is 15.1. The molecular formula is C11H16N2O5S2. The van der Waals surface area contributed by atoms with Crippen LogP contribution in [-0.2, 0) is 24.3 Å². The van der Waals surface area contributed by atoms with Crippen LogP contribution in [-0.4, -0.2) is 42.5 Å². The van der Waals surface area contributed by atoms with Crippen molar-refractivity contribution in [3.05, 3.63) is 23.8 Å². The highest BCUT2D eigenvalue weighted by molar-refractivity contribution is 7.92. The number of nitrogens with zero attached hydrogens (tertiary/aromatic N) is 1. The summed E-state index contributed by atoms with van der Waals surface area (Å²) in [5.74, 6) is -0.338. The van der Waals surface area contributed by atoms with Crippen LogP contribution < -0.4 is 10.0 Å². The second kappa shape index (κ2) is 4.90. The molecule has 1 heterocycles. The molecule has 9 heteroatoms. The zero-order valence-electron chi connectivity index (χ0n) is 11.1. The van der Waals surface area contributed by atoms with Gasteiger partial charge in [0.15, 0.2) is 0 Å². The zero-order valence-corrected chi connectivity index (χ0v) is 12.7. The third kappa shape index (κ3) is 3.22. The maximum Gasteiger partial charge on any atom is 0.264 e. The van der Waals surface area contributed by atoms with Crippen LogP contribution in [0.1, 0.15) is 11.5 Å². The van der Waals surface area contributed by atoms with Crippen LogP contribution in [0, 0.1) is 0 Å². The average molecular weight is 320 g/mol. The third-order valence-electron chi connectivity index (χ3n) is 3.03. The van der Waals surface area contributed by atoms with Crippen molar-refractivity contribution in [1.82, 2.24) is 0 Å². The molecule has 7 nitrogen and oxygen atoms in total. The Bertz CT molecular complexity index is 727. The van der Waals surface area contributed by atoms with Gasteiger partial charge < -0.3 is 5.73 Å². The van der Waals surface area contributed by atoms with Gasteiger partial charge in [0.1, 0.15) is 0 Å². The molecule has 1 aromatic carbocycles. The fraction of sp³-hybridized carbons (Fsp3) is 0.455. The van der Waals surface area contributed by atoms with E-state index in [0.29, 0.717) is 16.9 Å². The maximum atomic E-state index is 11.8. The summed E-state index contributed by atoms with van der Waals surface area (Å²) in [5.41, 5.74) is 7.32. The van der Waals surface area contributed by atoms with E-state index >= 15 is 0 Å². The molecule has 20 heavy (non-hydrogen) atoms. The van der Waals surface area contributed by atoms with Crippen molar-refractivity contribution >= 4 is 31.5 Å². The Hall–Kier alpha value is -1.32. The van der Waals surface area contributed by atoms with Crippen LogP contribution in [0.2, 0.25) is 0 Å².